The molecule has 3 aromatic rings. The van der Waals surface area contributed by atoms with Crippen molar-refractivity contribution >= 4 is 28.3 Å². The lowest BCUT2D eigenvalue weighted by atomic mass is 9.85. The van der Waals surface area contributed by atoms with Crippen LogP contribution in [0.25, 0.3) is 11.3 Å². The number of hydrogen-bond donors (Lipinski definition) is 1. The van der Waals surface area contributed by atoms with Gasteiger partial charge in [0, 0.05) is 22.9 Å². The van der Waals surface area contributed by atoms with Crippen LogP contribution in [0.15, 0.2) is 72.9 Å². The van der Waals surface area contributed by atoms with E-state index in [1.807, 2.05) is 54.6 Å². The average Bonchev–Trinajstić information content (AvgIpc) is 2.73. The molecule has 1 aliphatic heterocycles. The Morgan fingerprint density at radius 3 is 2.39 bits per heavy atom. The van der Waals surface area contributed by atoms with E-state index in [4.69, 9.17) is 4.74 Å². The third kappa shape index (κ3) is 3.46. The van der Waals surface area contributed by atoms with E-state index in [9.17, 15) is 13.2 Å². The maximum absolute atomic E-state index is 12.1. The lowest BCUT2D eigenvalue weighted by molar-refractivity contribution is -0.108. The minimum Gasteiger partial charge on any atom is -0.456 e. The molecule has 28 heavy (non-hydrogen) atoms. The summed E-state index contributed by atoms with van der Waals surface area (Å²) >= 11 is 0. The molecule has 0 radical (unpaired) electrons. The SMILES string of the molecule is O=CC1C(c2ccccn2)=C(c2ccc(C[SH](=O)=O)cc2)Oc2ccccc21. The largest absolute Gasteiger partial charge is 0.456 e. The number of thiol groups is 1. The summed E-state index contributed by atoms with van der Waals surface area (Å²) < 4.78 is 28.1. The lowest BCUT2D eigenvalue weighted by Gasteiger charge is -2.28. The Hall–Kier alpha value is -3.25. The van der Waals surface area contributed by atoms with Gasteiger partial charge in [0.2, 0.25) is 0 Å². The van der Waals surface area contributed by atoms with Crippen LogP contribution in [-0.4, -0.2) is 19.7 Å². The summed E-state index contributed by atoms with van der Waals surface area (Å²) in [6.45, 7) is 0. The topological polar surface area (TPSA) is 73.3 Å². The van der Waals surface area contributed by atoms with Crippen LogP contribution in [0.2, 0.25) is 0 Å². The predicted octanol–water partition coefficient (Wildman–Crippen LogP) is 3.44. The first-order valence-corrected chi connectivity index (χ1v) is 10.1. The van der Waals surface area contributed by atoms with E-state index in [-0.39, 0.29) is 5.75 Å². The smallest absolute Gasteiger partial charge is 0.144 e. The Balaban J connectivity index is 1.89. The Bertz CT molecular complexity index is 1110. The van der Waals surface area contributed by atoms with Crippen molar-refractivity contribution < 1.29 is 17.9 Å². The first kappa shape index (κ1) is 18.1. The highest BCUT2D eigenvalue weighted by molar-refractivity contribution is 7.71. The molecule has 1 atom stereocenters. The number of hydrogen-bond acceptors (Lipinski definition) is 5. The number of aromatic nitrogens is 1. The first-order valence-electron chi connectivity index (χ1n) is 8.76. The zero-order chi connectivity index (χ0) is 19.5. The lowest BCUT2D eigenvalue weighted by Crippen LogP contribution is -2.16. The maximum atomic E-state index is 12.1. The van der Waals surface area contributed by atoms with Gasteiger partial charge in [-0.3, -0.25) is 4.98 Å². The molecule has 0 saturated carbocycles. The monoisotopic (exact) mass is 391 g/mol. The van der Waals surface area contributed by atoms with Crippen LogP contribution in [0.5, 0.6) is 5.75 Å². The third-order valence-corrected chi connectivity index (χ3v) is 5.25. The molecular weight excluding hydrogens is 374 g/mol. The number of pyridine rings is 1. The maximum Gasteiger partial charge on any atom is 0.144 e. The van der Waals surface area contributed by atoms with Gasteiger partial charge in [0.15, 0.2) is 0 Å². The fraction of sp³-hybridized carbons (Fsp3) is 0.0909. The summed E-state index contributed by atoms with van der Waals surface area (Å²) in [4.78, 5) is 16.5. The van der Waals surface area contributed by atoms with Crippen molar-refractivity contribution in [2.45, 2.75) is 11.7 Å². The summed E-state index contributed by atoms with van der Waals surface area (Å²) in [5.41, 5.74) is 3.60. The summed E-state index contributed by atoms with van der Waals surface area (Å²) in [5.74, 6) is 0.654. The molecule has 0 aliphatic carbocycles. The summed E-state index contributed by atoms with van der Waals surface area (Å²) in [7, 11) is -2.49. The Kier molecular flexibility index (Phi) is 5.04. The molecule has 140 valence electrons. The van der Waals surface area contributed by atoms with Crippen LogP contribution < -0.4 is 4.74 Å². The molecule has 4 rings (SSSR count). The molecule has 5 nitrogen and oxygen atoms in total. The van der Waals surface area contributed by atoms with E-state index in [1.165, 1.54) is 0 Å². The molecule has 2 aromatic carbocycles. The Labute approximate surface area is 164 Å². The van der Waals surface area contributed by atoms with E-state index in [2.05, 4.69) is 4.98 Å². The van der Waals surface area contributed by atoms with Gasteiger partial charge in [0.25, 0.3) is 0 Å². The number of rotatable bonds is 5. The van der Waals surface area contributed by atoms with E-state index in [1.54, 1.807) is 18.3 Å². The second kappa shape index (κ2) is 7.78. The number of carbonyl (C=O) groups is 1. The summed E-state index contributed by atoms with van der Waals surface area (Å²) in [6.07, 6.45) is 2.58. The fourth-order valence-electron chi connectivity index (χ4n) is 3.36. The summed E-state index contributed by atoms with van der Waals surface area (Å²) in [6, 6.07) is 20.1. The van der Waals surface area contributed by atoms with Crippen molar-refractivity contribution in [3.05, 3.63) is 95.3 Å². The number of fused-ring (bicyclic) bond motifs is 1. The van der Waals surface area contributed by atoms with Gasteiger partial charge in [0.05, 0.1) is 17.4 Å². The van der Waals surface area contributed by atoms with Crippen LogP contribution in [-0.2, 0) is 21.3 Å². The van der Waals surface area contributed by atoms with Crippen molar-refractivity contribution in [1.29, 1.82) is 0 Å². The zero-order valence-corrected chi connectivity index (χ0v) is 15.7. The molecule has 0 bridgehead atoms. The minimum atomic E-state index is -2.49. The van der Waals surface area contributed by atoms with Crippen molar-refractivity contribution in [3.8, 4) is 5.75 Å². The van der Waals surface area contributed by atoms with E-state index in [0.29, 0.717) is 28.3 Å². The van der Waals surface area contributed by atoms with Crippen molar-refractivity contribution in [2.24, 2.45) is 0 Å². The van der Waals surface area contributed by atoms with Gasteiger partial charge in [-0.15, -0.1) is 0 Å². The Morgan fingerprint density at radius 2 is 1.71 bits per heavy atom. The second-order valence-electron chi connectivity index (χ2n) is 6.40. The number of ether oxygens (including phenoxy) is 1. The summed E-state index contributed by atoms with van der Waals surface area (Å²) in [5, 5.41) is 0. The highest BCUT2D eigenvalue weighted by Gasteiger charge is 2.31. The van der Waals surface area contributed by atoms with Gasteiger partial charge in [0.1, 0.15) is 28.5 Å². The molecule has 0 N–H and O–H groups in total. The van der Waals surface area contributed by atoms with E-state index >= 15 is 0 Å². The van der Waals surface area contributed by atoms with Crippen LogP contribution in [0.4, 0.5) is 0 Å². The van der Waals surface area contributed by atoms with Gasteiger partial charge in [-0.25, -0.2) is 8.42 Å². The van der Waals surface area contributed by atoms with Crippen molar-refractivity contribution in [2.75, 3.05) is 0 Å². The van der Waals surface area contributed by atoms with E-state index in [0.717, 1.165) is 17.4 Å². The molecule has 1 aromatic heterocycles. The molecule has 0 fully saturated rings. The molecule has 0 spiro atoms. The Morgan fingerprint density at radius 1 is 0.964 bits per heavy atom. The van der Waals surface area contributed by atoms with Gasteiger partial charge in [-0.05, 0) is 23.8 Å². The molecule has 6 heteroatoms. The molecule has 0 saturated heterocycles. The number of nitrogens with zero attached hydrogens (tertiary/aromatic N) is 1. The zero-order valence-electron chi connectivity index (χ0n) is 14.8. The molecule has 1 aliphatic rings. The van der Waals surface area contributed by atoms with Crippen LogP contribution in [0, 0.1) is 0 Å². The van der Waals surface area contributed by atoms with Gasteiger partial charge in [-0.2, -0.15) is 0 Å². The van der Waals surface area contributed by atoms with Gasteiger partial charge >= 0.3 is 0 Å². The highest BCUT2D eigenvalue weighted by atomic mass is 32.2. The molecule has 1 unspecified atom stereocenters. The van der Waals surface area contributed by atoms with Crippen molar-refractivity contribution in [3.63, 3.8) is 0 Å². The number of para-hydroxylation sites is 1. The molecule has 0 amide bonds. The van der Waals surface area contributed by atoms with E-state index < -0.39 is 16.6 Å². The predicted molar refractivity (Wildman–Crippen MR) is 107 cm³/mol. The van der Waals surface area contributed by atoms with Crippen LogP contribution in [0.3, 0.4) is 0 Å². The minimum absolute atomic E-state index is 0.0115. The number of allylic oxidation sites excluding steroid dienone is 1. The van der Waals surface area contributed by atoms with Crippen molar-refractivity contribution in [1.82, 2.24) is 4.98 Å². The second-order valence-corrected chi connectivity index (χ2v) is 7.38. The average molecular weight is 391 g/mol. The van der Waals surface area contributed by atoms with Crippen LogP contribution in [0.1, 0.15) is 28.3 Å². The number of aldehydes is 1. The number of carbonyl (C=O) groups excluding carboxylic acids is 1. The standard InChI is InChI=1S/C22H17NO4S/c24-13-18-17-5-1-2-7-20(17)27-22(21(18)19-6-3-4-12-23-19)16-10-8-15(9-11-16)14-28(25)26/h1-13,18,28H,14H2. The number of benzene rings is 2. The molecule has 2 heterocycles. The normalized spacial score (nSPS) is 15.8. The van der Waals surface area contributed by atoms with Gasteiger partial charge in [-0.1, -0.05) is 48.5 Å². The van der Waals surface area contributed by atoms with Gasteiger partial charge < -0.3 is 9.53 Å². The molecular formula is C22H17NO4S. The first-order chi connectivity index (χ1) is 13.7. The fourth-order valence-corrected chi connectivity index (χ4v) is 3.87. The van der Waals surface area contributed by atoms with Crippen LogP contribution >= 0.6 is 0 Å². The third-order valence-electron chi connectivity index (χ3n) is 4.63. The highest BCUT2D eigenvalue weighted by Crippen LogP contribution is 2.45. The quantitative estimate of drug-likeness (QED) is 0.533.